The van der Waals surface area contributed by atoms with Crippen LogP contribution in [0.2, 0.25) is 0 Å². The molecule has 0 aliphatic carbocycles. The SMILES string of the molecule is CCn1c2ccccc2c2c3cc4c(nc3ccc21)-c1cc(C)ccc1OC4. The number of rotatable bonds is 1. The van der Waals surface area contributed by atoms with Crippen molar-refractivity contribution in [2.24, 2.45) is 0 Å². The second-order valence-electron chi connectivity index (χ2n) is 7.57. The Hall–Kier alpha value is -3.33. The van der Waals surface area contributed by atoms with Gasteiger partial charge in [-0.1, -0.05) is 29.8 Å². The molecule has 6 rings (SSSR count). The zero-order chi connectivity index (χ0) is 18.8. The second-order valence-corrected chi connectivity index (χ2v) is 7.57. The molecule has 0 unspecified atom stereocenters. The van der Waals surface area contributed by atoms with E-state index in [4.69, 9.17) is 9.72 Å². The van der Waals surface area contributed by atoms with E-state index in [1.54, 1.807) is 0 Å². The predicted octanol–water partition coefficient (Wildman–Crippen LogP) is 6.23. The highest BCUT2D eigenvalue weighted by molar-refractivity contribution is 6.20. The van der Waals surface area contributed by atoms with Crippen LogP contribution in [0.15, 0.2) is 60.7 Å². The van der Waals surface area contributed by atoms with Crippen molar-refractivity contribution in [3.05, 3.63) is 71.8 Å². The van der Waals surface area contributed by atoms with Crippen LogP contribution in [0.1, 0.15) is 18.1 Å². The minimum atomic E-state index is 0.567. The summed E-state index contributed by atoms with van der Waals surface area (Å²) in [5, 5.41) is 3.79. The highest BCUT2D eigenvalue weighted by Crippen LogP contribution is 2.40. The Morgan fingerprint density at radius 1 is 0.964 bits per heavy atom. The molecule has 5 aromatic rings. The van der Waals surface area contributed by atoms with Gasteiger partial charge in [0.05, 0.1) is 11.2 Å². The monoisotopic (exact) mass is 364 g/mol. The van der Waals surface area contributed by atoms with Crippen LogP contribution in [-0.4, -0.2) is 9.55 Å². The molecule has 28 heavy (non-hydrogen) atoms. The van der Waals surface area contributed by atoms with Gasteiger partial charge < -0.3 is 9.30 Å². The van der Waals surface area contributed by atoms with Crippen molar-refractivity contribution in [1.29, 1.82) is 0 Å². The number of pyridine rings is 1. The summed E-state index contributed by atoms with van der Waals surface area (Å²) in [6, 6.07) is 21.6. The number of ether oxygens (including phenoxy) is 1. The van der Waals surface area contributed by atoms with Crippen LogP contribution >= 0.6 is 0 Å². The Morgan fingerprint density at radius 3 is 2.75 bits per heavy atom. The summed E-state index contributed by atoms with van der Waals surface area (Å²) in [5.41, 5.74) is 8.12. The van der Waals surface area contributed by atoms with E-state index in [0.29, 0.717) is 6.61 Å². The largest absolute Gasteiger partial charge is 0.488 e. The van der Waals surface area contributed by atoms with Gasteiger partial charge in [-0.3, -0.25) is 0 Å². The molecule has 0 saturated heterocycles. The first-order chi connectivity index (χ1) is 13.7. The molecule has 3 heterocycles. The van der Waals surface area contributed by atoms with Crippen molar-refractivity contribution < 1.29 is 4.74 Å². The molecule has 0 bridgehead atoms. The predicted molar refractivity (Wildman–Crippen MR) is 115 cm³/mol. The van der Waals surface area contributed by atoms with Crippen LogP contribution in [0, 0.1) is 6.92 Å². The molecule has 0 amide bonds. The third-order valence-electron chi connectivity index (χ3n) is 5.90. The van der Waals surface area contributed by atoms with Gasteiger partial charge in [0.1, 0.15) is 12.4 Å². The molecule has 0 atom stereocenters. The van der Waals surface area contributed by atoms with Crippen LogP contribution in [0.5, 0.6) is 5.75 Å². The maximum absolute atomic E-state index is 6.03. The van der Waals surface area contributed by atoms with Crippen molar-refractivity contribution in [3.63, 3.8) is 0 Å². The van der Waals surface area contributed by atoms with Gasteiger partial charge in [0, 0.05) is 44.9 Å². The summed E-state index contributed by atoms with van der Waals surface area (Å²) in [4.78, 5) is 5.10. The van der Waals surface area contributed by atoms with Crippen LogP contribution in [-0.2, 0) is 13.2 Å². The fraction of sp³-hybridized carbons (Fsp3) is 0.160. The molecule has 1 aliphatic heterocycles. The van der Waals surface area contributed by atoms with Gasteiger partial charge >= 0.3 is 0 Å². The van der Waals surface area contributed by atoms with Gasteiger partial charge in [-0.05, 0) is 50.2 Å². The maximum atomic E-state index is 6.03. The number of aryl methyl sites for hydroxylation is 2. The van der Waals surface area contributed by atoms with Gasteiger partial charge in [-0.15, -0.1) is 0 Å². The number of benzene rings is 3. The lowest BCUT2D eigenvalue weighted by Crippen LogP contribution is -2.07. The van der Waals surface area contributed by atoms with Crippen LogP contribution < -0.4 is 4.74 Å². The molecule has 1 aliphatic rings. The van der Waals surface area contributed by atoms with Crippen LogP contribution in [0.25, 0.3) is 44.0 Å². The number of nitrogens with zero attached hydrogens (tertiary/aromatic N) is 2. The minimum Gasteiger partial charge on any atom is -0.488 e. The van der Waals surface area contributed by atoms with E-state index < -0.39 is 0 Å². The third-order valence-corrected chi connectivity index (χ3v) is 5.90. The topological polar surface area (TPSA) is 27.1 Å². The van der Waals surface area contributed by atoms with Gasteiger partial charge in [0.2, 0.25) is 0 Å². The molecular formula is C25H20N2O. The quantitative estimate of drug-likeness (QED) is 0.352. The summed E-state index contributed by atoms with van der Waals surface area (Å²) < 4.78 is 8.42. The normalized spacial score (nSPS) is 12.9. The maximum Gasteiger partial charge on any atom is 0.129 e. The van der Waals surface area contributed by atoms with E-state index in [9.17, 15) is 0 Å². The lowest BCUT2D eigenvalue weighted by Gasteiger charge is -2.21. The standard InChI is InChI=1S/C25H20N2O/c1-3-27-21-7-5-4-6-17(21)24-18-13-16-14-28-23-11-8-15(2)12-19(23)25(16)26-20(18)9-10-22(24)27/h4-13H,3,14H2,1-2H3. The summed E-state index contributed by atoms with van der Waals surface area (Å²) >= 11 is 0. The molecule has 0 saturated carbocycles. The molecule has 0 N–H and O–H groups in total. The van der Waals surface area contributed by atoms with Crippen molar-refractivity contribution in [2.75, 3.05) is 0 Å². The Kier molecular flexibility index (Phi) is 3.13. The highest BCUT2D eigenvalue weighted by Gasteiger charge is 2.21. The first-order valence-corrected chi connectivity index (χ1v) is 9.82. The molecule has 3 aromatic carbocycles. The van der Waals surface area contributed by atoms with Crippen LogP contribution in [0.4, 0.5) is 0 Å². The number of fused-ring (bicyclic) bond motifs is 8. The van der Waals surface area contributed by atoms with Crippen molar-refractivity contribution in [1.82, 2.24) is 9.55 Å². The van der Waals surface area contributed by atoms with E-state index >= 15 is 0 Å². The molecule has 3 heteroatoms. The summed E-state index contributed by atoms with van der Waals surface area (Å²) in [6.45, 7) is 5.83. The fourth-order valence-corrected chi connectivity index (χ4v) is 4.63. The van der Waals surface area contributed by atoms with Gasteiger partial charge in [-0.2, -0.15) is 0 Å². The first kappa shape index (κ1) is 15.7. The zero-order valence-electron chi connectivity index (χ0n) is 16.0. The third kappa shape index (κ3) is 2.02. The lowest BCUT2D eigenvalue weighted by molar-refractivity contribution is 0.301. The Morgan fingerprint density at radius 2 is 1.86 bits per heavy atom. The number of hydrogen-bond donors (Lipinski definition) is 0. The van der Waals surface area contributed by atoms with E-state index in [-0.39, 0.29) is 0 Å². The second kappa shape index (κ2) is 5.59. The Labute approximate surface area is 163 Å². The van der Waals surface area contributed by atoms with Gasteiger partial charge in [0.25, 0.3) is 0 Å². The highest BCUT2D eigenvalue weighted by atomic mass is 16.5. The Balaban J connectivity index is 1.74. The average Bonchev–Trinajstić information content (AvgIpc) is 3.06. The molecule has 3 nitrogen and oxygen atoms in total. The smallest absolute Gasteiger partial charge is 0.129 e. The van der Waals surface area contributed by atoms with E-state index in [0.717, 1.165) is 34.6 Å². The number of hydrogen-bond acceptors (Lipinski definition) is 2. The molecule has 0 spiro atoms. The molecule has 2 aromatic heterocycles. The van der Waals surface area contributed by atoms with Crippen molar-refractivity contribution in [2.45, 2.75) is 27.0 Å². The van der Waals surface area contributed by atoms with Crippen molar-refractivity contribution >= 4 is 32.7 Å². The Bertz CT molecular complexity index is 1410. The summed E-state index contributed by atoms with van der Waals surface area (Å²) in [5.74, 6) is 0.925. The van der Waals surface area contributed by atoms with Crippen LogP contribution in [0.3, 0.4) is 0 Å². The molecule has 136 valence electrons. The lowest BCUT2D eigenvalue weighted by atomic mass is 9.97. The van der Waals surface area contributed by atoms with Crippen molar-refractivity contribution in [3.8, 4) is 17.0 Å². The number of aromatic nitrogens is 2. The van der Waals surface area contributed by atoms with Gasteiger partial charge in [-0.25, -0.2) is 4.98 Å². The molecule has 0 radical (unpaired) electrons. The summed E-state index contributed by atoms with van der Waals surface area (Å²) in [7, 11) is 0. The molecular weight excluding hydrogens is 344 g/mol. The summed E-state index contributed by atoms with van der Waals surface area (Å²) in [6.07, 6.45) is 0. The fourth-order valence-electron chi connectivity index (χ4n) is 4.63. The van der Waals surface area contributed by atoms with E-state index in [2.05, 4.69) is 79.1 Å². The van der Waals surface area contributed by atoms with E-state index in [1.165, 1.54) is 32.8 Å². The first-order valence-electron chi connectivity index (χ1n) is 9.82. The average molecular weight is 364 g/mol. The van der Waals surface area contributed by atoms with E-state index in [1.807, 2.05) is 0 Å². The minimum absolute atomic E-state index is 0.567. The van der Waals surface area contributed by atoms with Gasteiger partial charge in [0.15, 0.2) is 0 Å². The zero-order valence-corrected chi connectivity index (χ0v) is 16.0. The number of para-hydroxylation sites is 1. The molecule has 0 fully saturated rings.